The maximum absolute atomic E-state index is 13.7. The second-order valence-corrected chi connectivity index (χ2v) is 6.71. The van der Waals surface area contributed by atoms with Crippen molar-refractivity contribution in [2.45, 2.75) is 26.3 Å². The molecule has 2 rings (SSSR count). The van der Waals surface area contributed by atoms with E-state index < -0.39 is 11.6 Å². The fourth-order valence-electron chi connectivity index (χ4n) is 2.91. The van der Waals surface area contributed by atoms with Gasteiger partial charge in [0.2, 0.25) is 0 Å². The van der Waals surface area contributed by atoms with E-state index in [2.05, 4.69) is 32.5 Å². The summed E-state index contributed by atoms with van der Waals surface area (Å²) in [5, 5.41) is 6.40. The number of likely N-dealkylation sites (N-methyl/N-ethyl adjacent to an activating group) is 1. The molecule has 1 aromatic rings. The molecular weight excluding hydrogens is 463 g/mol. The molecule has 0 amide bonds. The summed E-state index contributed by atoms with van der Waals surface area (Å²) in [6.45, 7) is 9.33. The van der Waals surface area contributed by atoms with Crippen LogP contribution in [-0.4, -0.2) is 68.6 Å². The predicted molar refractivity (Wildman–Crippen MR) is 118 cm³/mol. The number of piperazine rings is 1. The lowest BCUT2D eigenvalue weighted by Gasteiger charge is -2.32. The molecule has 0 aliphatic carbocycles. The van der Waals surface area contributed by atoms with Gasteiger partial charge in [-0.05, 0) is 51.6 Å². The zero-order valence-electron chi connectivity index (χ0n) is 16.3. The first-order valence-corrected chi connectivity index (χ1v) is 9.45. The molecule has 0 spiro atoms. The second-order valence-electron chi connectivity index (χ2n) is 6.71. The summed E-state index contributed by atoms with van der Waals surface area (Å²) in [6.07, 6.45) is 2.18. The van der Waals surface area contributed by atoms with Crippen molar-refractivity contribution in [2.75, 3.05) is 52.9 Å². The van der Waals surface area contributed by atoms with Crippen molar-refractivity contribution in [1.29, 1.82) is 0 Å². The number of halogens is 3. The molecule has 0 bridgehead atoms. The molecule has 1 fully saturated rings. The highest BCUT2D eigenvalue weighted by molar-refractivity contribution is 14.0. The quantitative estimate of drug-likeness (QED) is 0.252. The van der Waals surface area contributed by atoms with Gasteiger partial charge < -0.3 is 20.4 Å². The summed E-state index contributed by atoms with van der Waals surface area (Å²) >= 11 is 0. The number of benzene rings is 1. The Morgan fingerprint density at radius 1 is 1.11 bits per heavy atom. The molecule has 5 nitrogen and oxygen atoms in total. The number of nitrogens with one attached hydrogen (secondary N) is 2. The Morgan fingerprint density at radius 3 is 2.56 bits per heavy atom. The molecule has 0 unspecified atom stereocenters. The van der Waals surface area contributed by atoms with Gasteiger partial charge in [0.15, 0.2) is 5.96 Å². The van der Waals surface area contributed by atoms with E-state index in [9.17, 15) is 8.78 Å². The Balaban J connectivity index is 0.00000364. The summed E-state index contributed by atoms with van der Waals surface area (Å²) in [4.78, 5) is 9.22. The first-order chi connectivity index (χ1) is 12.6. The minimum atomic E-state index is -0.446. The number of nitrogens with zero attached hydrogens (tertiary/aromatic N) is 3. The third-order valence-corrected chi connectivity index (χ3v) is 4.55. The van der Waals surface area contributed by atoms with E-state index >= 15 is 0 Å². The lowest BCUT2D eigenvalue weighted by molar-refractivity contribution is 0.152. The van der Waals surface area contributed by atoms with Crippen LogP contribution in [-0.2, 0) is 6.54 Å². The lowest BCUT2D eigenvalue weighted by Crippen LogP contribution is -2.44. The largest absolute Gasteiger partial charge is 0.357 e. The molecule has 0 atom stereocenters. The van der Waals surface area contributed by atoms with Crippen molar-refractivity contribution in [3.05, 3.63) is 35.4 Å². The summed E-state index contributed by atoms with van der Waals surface area (Å²) < 4.78 is 26.9. The molecule has 154 valence electrons. The van der Waals surface area contributed by atoms with Crippen molar-refractivity contribution in [2.24, 2.45) is 4.99 Å². The highest BCUT2D eigenvalue weighted by Crippen LogP contribution is 2.10. The van der Waals surface area contributed by atoms with Gasteiger partial charge in [0.1, 0.15) is 11.6 Å². The summed E-state index contributed by atoms with van der Waals surface area (Å²) in [6, 6.07) is 3.45. The van der Waals surface area contributed by atoms with Crippen LogP contribution in [0.4, 0.5) is 8.78 Å². The zero-order chi connectivity index (χ0) is 18.8. The van der Waals surface area contributed by atoms with Crippen LogP contribution in [0, 0.1) is 11.6 Å². The van der Waals surface area contributed by atoms with E-state index in [4.69, 9.17) is 0 Å². The van der Waals surface area contributed by atoms with E-state index in [0.29, 0.717) is 5.96 Å². The first-order valence-electron chi connectivity index (χ1n) is 9.45. The summed E-state index contributed by atoms with van der Waals surface area (Å²) in [5.41, 5.74) is 0.261. The Labute approximate surface area is 178 Å². The molecule has 27 heavy (non-hydrogen) atoms. The van der Waals surface area contributed by atoms with Crippen LogP contribution in [0.3, 0.4) is 0 Å². The number of unbranched alkanes of at least 4 members (excludes halogenated alkanes) is 1. The molecule has 0 radical (unpaired) electrons. The normalized spacial score (nSPS) is 16.1. The van der Waals surface area contributed by atoms with Gasteiger partial charge in [0.25, 0.3) is 0 Å². The number of rotatable bonds is 8. The fourth-order valence-corrected chi connectivity index (χ4v) is 2.91. The molecular formula is C19H32F2IN5. The molecule has 0 aromatic heterocycles. The van der Waals surface area contributed by atoms with Crippen LogP contribution in [0.1, 0.15) is 25.3 Å². The van der Waals surface area contributed by atoms with E-state index in [1.807, 2.05) is 6.92 Å². The van der Waals surface area contributed by atoms with Gasteiger partial charge in [-0.1, -0.05) is 0 Å². The number of hydrogen-bond donors (Lipinski definition) is 2. The molecule has 1 aromatic carbocycles. The highest BCUT2D eigenvalue weighted by Gasteiger charge is 2.12. The maximum atomic E-state index is 13.7. The van der Waals surface area contributed by atoms with Crippen molar-refractivity contribution in [3.8, 4) is 0 Å². The van der Waals surface area contributed by atoms with Gasteiger partial charge in [-0.2, -0.15) is 0 Å². The van der Waals surface area contributed by atoms with E-state index in [-0.39, 0.29) is 36.1 Å². The number of guanidine groups is 1. The van der Waals surface area contributed by atoms with Gasteiger partial charge >= 0.3 is 0 Å². The average Bonchev–Trinajstić information content (AvgIpc) is 2.63. The molecule has 8 heteroatoms. The molecule has 1 saturated heterocycles. The monoisotopic (exact) mass is 495 g/mol. The topological polar surface area (TPSA) is 42.9 Å². The van der Waals surface area contributed by atoms with Crippen LogP contribution >= 0.6 is 24.0 Å². The number of aliphatic imine (C=N–C) groups is 1. The van der Waals surface area contributed by atoms with E-state index in [1.54, 1.807) is 0 Å². The van der Waals surface area contributed by atoms with Gasteiger partial charge in [-0.15, -0.1) is 24.0 Å². The second kappa shape index (κ2) is 13.2. The molecule has 0 saturated carbocycles. The van der Waals surface area contributed by atoms with Crippen molar-refractivity contribution < 1.29 is 8.78 Å². The van der Waals surface area contributed by atoms with Crippen LogP contribution in [0.2, 0.25) is 0 Å². The highest BCUT2D eigenvalue weighted by atomic mass is 127. The fraction of sp³-hybridized carbons (Fsp3) is 0.632. The number of hydrogen-bond acceptors (Lipinski definition) is 3. The molecule has 1 aliphatic rings. The van der Waals surface area contributed by atoms with Crippen LogP contribution in [0.15, 0.2) is 23.2 Å². The Morgan fingerprint density at radius 2 is 1.85 bits per heavy atom. The Kier molecular flexibility index (Phi) is 11.8. The van der Waals surface area contributed by atoms with Gasteiger partial charge in [-0.3, -0.25) is 0 Å². The van der Waals surface area contributed by atoms with Crippen molar-refractivity contribution in [1.82, 2.24) is 20.4 Å². The van der Waals surface area contributed by atoms with Crippen LogP contribution in [0.5, 0.6) is 0 Å². The average molecular weight is 495 g/mol. The van der Waals surface area contributed by atoms with Gasteiger partial charge in [-0.25, -0.2) is 13.8 Å². The van der Waals surface area contributed by atoms with Crippen LogP contribution in [0.25, 0.3) is 0 Å². The molecule has 1 heterocycles. The lowest BCUT2D eigenvalue weighted by atomic mass is 10.2. The third-order valence-electron chi connectivity index (χ3n) is 4.55. The van der Waals surface area contributed by atoms with Crippen LogP contribution < -0.4 is 10.6 Å². The van der Waals surface area contributed by atoms with Crippen molar-refractivity contribution in [3.63, 3.8) is 0 Å². The summed E-state index contributed by atoms with van der Waals surface area (Å²) in [5.74, 6) is -0.243. The van der Waals surface area contributed by atoms with E-state index in [0.717, 1.165) is 70.8 Å². The van der Waals surface area contributed by atoms with Crippen molar-refractivity contribution >= 4 is 29.9 Å². The standard InChI is InChI=1S/C19H31F2N5.HI/c1-3-22-19(24-15-16-14-17(20)6-7-18(16)21)23-8-4-5-9-26-12-10-25(2)11-13-26;/h6-7,14H,3-5,8-13,15H2,1-2H3,(H2,22,23,24);1H. The smallest absolute Gasteiger partial charge is 0.191 e. The minimum absolute atomic E-state index is 0. The molecule has 1 aliphatic heterocycles. The van der Waals surface area contributed by atoms with Gasteiger partial charge in [0, 0.05) is 44.8 Å². The predicted octanol–water partition coefficient (Wildman–Crippen LogP) is 2.67. The summed E-state index contributed by atoms with van der Waals surface area (Å²) in [7, 11) is 2.17. The minimum Gasteiger partial charge on any atom is -0.357 e. The first kappa shape index (κ1) is 24.0. The van der Waals surface area contributed by atoms with E-state index in [1.165, 1.54) is 6.07 Å². The van der Waals surface area contributed by atoms with Gasteiger partial charge in [0.05, 0.1) is 6.54 Å². The SMILES string of the molecule is CCNC(=NCc1cc(F)ccc1F)NCCCCN1CCN(C)CC1.I. The zero-order valence-corrected chi connectivity index (χ0v) is 18.6. The Bertz CT molecular complexity index is 577. The molecule has 2 N–H and O–H groups in total. The Hall–Kier alpha value is -1.00. The maximum Gasteiger partial charge on any atom is 0.191 e. The third kappa shape index (κ3) is 9.16.